The van der Waals surface area contributed by atoms with Gasteiger partial charge in [0.2, 0.25) is 0 Å². The second kappa shape index (κ2) is 1.10. The maximum atomic E-state index is 2.61. The number of hydrogen-bond donors (Lipinski definition) is 0. The van der Waals surface area contributed by atoms with Crippen LogP contribution in [0.2, 0.25) is 24.2 Å². The van der Waals surface area contributed by atoms with Crippen LogP contribution < -0.4 is 0 Å². The fourth-order valence-corrected chi connectivity index (χ4v) is 10.8. The maximum Gasteiger partial charge on any atom is 0.0548 e. The van der Waals surface area contributed by atoms with E-state index in [1.165, 1.54) is 11.1 Å². The van der Waals surface area contributed by atoms with Crippen molar-refractivity contribution in [3.05, 3.63) is 12.2 Å². The second-order valence-electron chi connectivity index (χ2n) is 5.66. The third-order valence-corrected chi connectivity index (χ3v) is 9.68. The van der Waals surface area contributed by atoms with Crippen molar-refractivity contribution >= 4 is 8.07 Å². The van der Waals surface area contributed by atoms with Gasteiger partial charge in [-0.2, -0.15) is 0 Å². The van der Waals surface area contributed by atoms with E-state index in [1.54, 1.807) is 6.42 Å². The van der Waals surface area contributed by atoms with E-state index in [0.29, 0.717) is 0 Å². The van der Waals surface area contributed by atoms with Crippen LogP contribution in [0.25, 0.3) is 0 Å². The highest BCUT2D eigenvalue weighted by molar-refractivity contribution is 6.92. The minimum Gasteiger partial charge on any atom is -0.0846 e. The predicted molar refractivity (Wildman–Crippen MR) is 48.2 cm³/mol. The summed E-state index contributed by atoms with van der Waals surface area (Å²) in [5, 5.41) is 0. The molecule has 1 heterocycles. The van der Waals surface area contributed by atoms with Crippen LogP contribution in [0.4, 0.5) is 0 Å². The molecule has 0 N–H and O–H groups in total. The molecule has 0 radical (unpaired) electrons. The van der Waals surface area contributed by atoms with Gasteiger partial charge in [-0.25, -0.2) is 0 Å². The van der Waals surface area contributed by atoms with Crippen LogP contribution in [0.1, 0.15) is 6.42 Å². The minimum atomic E-state index is -0.635. The molecule has 3 fully saturated rings. The lowest BCUT2D eigenvalue weighted by molar-refractivity contribution is 0.258. The molecule has 1 heteroatoms. The van der Waals surface area contributed by atoms with Gasteiger partial charge < -0.3 is 0 Å². The predicted octanol–water partition coefficient (Wildman–Crippen LogP) is 2.65. The summed E-state index contributed by atoms with van der Waals surface area (Å²) in [6.45, 7) is 5.22. The summed E-state index contributed by atoms with van der Waals surface area (Å²) < 4.78 is 0. The van der Waals surface area contributed by atoms with Gasteiger partial charge in [-0.15, -0.1) is 0 Å². The molecule has 3 aliphatic carbocycles. The third kappa shape index (κ3) is 0.326. The van der Waals surface area contributed by atoms with E-state index in [1.807, 2.05) is 0 Å². The Balaban J connectivity index is 1.87. The first-order valence-electron chi connectivity index (χ1n) is 4.87. The Hall–Kier alpha value is -0.0431. The van der Waals surface area contributed by atoms with Gasteiger partial charge in [-0.05, 0) is 34.8 Å². The van der Waals surface area contributed by atoms with Crippen LogP contribution in [-0.4, -0.2) is 8.07 Å². The highest BCUT2D eigenvalue weighted by Crippen LogP contribution is 2.95. The summed E-state index contributed by atoms with van der Waals surface area (Å²) in [7, 11) is -0.635. The van der Waals surface area contributed by atoms with Crippen molar-refractivity contribution in [3.8, 4) is 0 Å². The lowest BCUT2D eigenvalue weighted by Gasteiger charge is -2.32. The minimum absolute atomic E-state index is 0.635. The molecule has 0 bridgehead atoms. The van der Waals surface area contributed by atoms with Crippen molar-refractivity contribution in [2.75, 3.05) is 0 Å². The average Bonchev–Trinajstić information content (AvgIpc) is 2.67. The molecule has 0 nitrogen and oxygen atoms in total. The molecule has 5 atom stereocenters. The van der Waals surface area contributed by atoms with Crippen LogP contribution in [0, 0.1) is 17.3 Å². The third-order valence-electron chi connectivity index (χ3n) is 5.15. The molecule has 0 aromatic carbocycles. The summed E-state index contributed by atoms with van der Waals surface area (Å²) in [5.41, 5.74) is 3.41. The van der Waals surface area contributed by atoms with Crippen molar-refractivity contribution in [2.24, 2.45) is 17.3 Å². The molecule has 1 saturated heterocycles. The highest BCUT2D eigenvalue weighted by atomic mass is 28.3. The molecule has 11 heavy (non-hydrogen) atoms. The van der Waals surface area contributed by atoms with Gasteiger partial charge in [0, 0.05) is 0 Å². The molecule has 1 spiro atoms. The Bertz CT molecular complexity index is 291. The van der Waals surface area contributed by atoms with Crippen LogP contribution in [-0.2, 0) is 0 Å². The molecule has 4 rings (SSSR count). The summed E-state index contributed by atoms with van der Waals surface area (Å²) in [5.74, 6) is 2.14. The molecular formula is C10H14Si. The van der Waals surface area contributed by atoms with Gasteiger partial charge >= 0.3 is 0 Å². The maximum absolute atomic E-state index is 2.61. The van der Waals surface area contributed by atoms with E-state index >= 15 is 0 Å². The zero-order valence-electron chi connectivity index (χ0n) is 7.17. The lowest BCUT2D eigenvalue weighted by atomic mass is 9.72. The van der Waals surface area contributed by atoms with Crippen molar-refractivity contribution < 1.29 is 0 Å². The van der Waals surface area contributed by atoms with Gasteiger partial charge in [-0.3, -0.25) is 0 Å². The number of allylic oxidation sites excluding steroid dienone is 2. The first-order chi connectivity index (χ1) is 5.19. The summed E-state index contributed by atoms with van der Waals surface area (Å²) in [6, 6.07) is 0. The van der Waals surface area contributed by atoms with Crippen LogP contribution >= 0.6 is 0 Å². The highest BCUT2D eigenvalue weighted by Gasteiger charge is 2.88. The van der Waals surface area contributed by atoms with Crippen molar-refractivity contribution in [1.82, 2.24) is 0 Å². The van der Waals surface area contributed by atoms with Crippen LogP contribution in [0.3, 0.4) is 0 Å². The first-order valence-corrected chi connectivity index (χ1v) is 8.03. The zero-order chi connectivity index (χ0) is 7.43. The normalized spacial score (nSPS) is 71.1. The number of fused-ring (bicyclic) bond motifs is 2. The molecule has 1 aliphatic heterocycles. The van der Waals surface area contributed by atoms with Gasteiger partial charge in [0.25, 0.3) is 0 Å². The van der Waals surface area contributed by atoms with Gasteiger partial charge in [0.1, 0.15) is 0 Å². The second-order valence-corrected chi connectivity index (χ2v) is 10.6. The summed E-state index contributed by atoms with van der Waals surface area (Å²) in [4.78, 5) is 0. The Kier molecular flexibility index (Phi) is 0.557. The Morgan fingerprint density at radius 3 is 2.82 bits per heavy atom. The van der Waals surface area contributed by atoms with Crippen molar-refractivity contribution in [1.29, 1.82) is 0 Å². The Labute approximate surface area is 68.7 Å². The molecule has 58 valence electrons. The van der Waals surface area contributed by atoms with E-state index in [4.69, 9.17) is 0 Å². The molecule has 0 aromatic heterocycles. The van der Waals surface area contributed by atoms with Crippen molar-refractivity contribution in [3.63, 3.8) is 0 Å². The quantitative estimate of drug-likeness (QED) is 0.379. The topological polar surface area (TPSA) is 0 Å². The lowest BCUT2D eigenvalue weighted by Crippen LogP contribution is -2.22. The largest absolute Gasteiger partial charge is 0.0846 e. The summed E-state index contributed by atoms with van der Waals surface area (Å²) >= 11 is 0. The van der Waals surface area contributed by atoms with Gasteiger partial charge in [0.05, 0.1) is 8.07 Å². The van der Waals surface area contributed by atoms with E-state index in [2.05, 4.69) is 25.2 Å². The smallest absolute Gasteiger partial charge is 0.0548 e. The molecule has 0 amide bonds. The molecule has 5 unspecified atom stereocenters. The van der Waals surface area contributed by atoms with Gasteiger partial charge in [0.15, 0.2) is 0 Å². The number of rotatable bonds is 0. The van der Waals surface area contributed by atoms with Crippen molar-refractivity contribution in [2.45, 2.75) is 30.6 Å². The standard InChI is InChI=1S/C10H14Si/c1-11(2)8-7-4-3-6-5-10(6,7)9(8)11/h3-4,6-9H,5H2,1-2H3. The van der Waals surface area contributed by atoms with E-state index in [-0.39, 0.29) is 0 Å². The Morgan fingerprint density at radius 2 is 2.18 bits per heavy atom. The SMILES string of the molecule is C[Si]1(C)C2C3C=CC4CC43C21. The van der Waals surface area contributed by atoms with E-state index in [0.717, 1.165) is 17.3 Å². The average molecular weight is 162 g/mol. The molecule has 2 saturated carbocycles. The molecule has 4 aliphatic rings. The zero-order valence-corrected chi connectivity index (χ0v) is 8.17. The van der Waals surface area contributed by atoms with Crippen LogP contribution in [0.5, 0.6) is 0 Å². The summed E-state index contributed by atoms with van der Waals surface area (Å²) in [6.07, 6.45) is 6.64. The van der Waals surface area contributed by atoms with E-state index in [9.17, 15) is 0 Å². The molecular weight excluding hydrogens is 148 g/mol. The first kappa shape index (κ1) is 5.58. The fourth-order valence-electron chi connectivity index (χ4n) is 4.66. The Morgan fingerprint density at radius 1 is 1.36 bits per heavy atom. The molecule has 0 aromatic rings. The van der Waals surface area contributed by atoms with Crippen LogP contribution in [0.15, 0.2) is 12.2 Å². The fraction of sp³-hybridized carbons (Fsp3) is 0.800. The monoisotopic (exact) mass is 162 g/mol. The van der Waals surface area contributed by atoms with Gasteiger partial charge in [-0.1, -0.05) is 25.2 Å². The van der Waals surface area contributed by atoms with E-state index < -0.39 is 8.07 Å². The number of hydrogen-bond acceptors (Lipinski definition) is 0.